The van der Waals surface area contributed by atoms with Crippen molar-refractivity contribution in [1.82, 2.24) is 0 Å². The minimum Gasteiger partial charge on any atom is -1.00 e. The number of fused-ring (bicyclic) bond motifs is 3. The van der Waals surface area contributed by atoms with Crippen LogP contribution in [0.2, 0.25) is 0 Å². The van der Waals surface area contributed by atoms with Crippen LogP contribution in [0.4, 0.5) is 0 Å². The van der Waals surface area contributed by atoms with E-state index < -0.39 is 0 Å². The molecule has 0 aliphatic heterocycles. The van der Waals surface area contributed by atoms with E-state index in [0.29, 0.717) is 0 Å². The molecule has 3 aromatic carbocycles. The number of hydrogen-bond acceptors (Lipinski definition) is 0. The number of benzene rings is 2. The molecule has 1 aliphatic carbocycles. The molecule has 0 unspecified atom stereocenters. The van der Waals surface area contributed by atoms with Crippen molar-refractivity contribution in [2.45, 2.75) is 72.6 Å². The van der Waals surface area contributed by atoms with E-state index in [2.05, 4.69) is 91.8 Å². The van der Waals surface area contributed by atoms with Crippen molar-refractivity contribution in [1.29, 1.82) is 0 Å². The Morgan fingerprint density at radius 2 is 1.34 bits per heavy atom. The summed E-state index contributed by atoms with van der Waals surface area (Å²) in [6.07, 6.45) is 1.03. The monoisotopic (exact) mass is 544 g/mol. The molecule has 4 rings (SSSR count). The first-order valence-electron chi connectivity index (χ1n) is 10.8. The van der Waals surface area contributed by atoms with E-state index in [9.17, 15) is 0 Å². The van der Waals surface area contributed by atoms with Gasteiger partial charge in [-0.3, -0.25) is 0 Å². The molecule has 0 radical (unpaired) electrons. The van der Waals surface area contributed by atoms with E-state index in [1.165, 1.54) is 36.6 Å². The molecule has 0 fully saturated rings. The summed E-state index contributed by atoms with van der Waals surface area (Å²) in [7, 11) is 0. The maximum absolute atomic E-state index is 3.53. The summed E-state index contributed by atoms with van der Waals surface area (Å²) in [6, 6.07) is 25.1. The molecule has 0 saturated carbocycles. The molecule has 172 valence electrons. The predicted octanol–water partition coefficient (Wildman–Crippen LogP) is 1.81. The van der Waals surface area contributed by atoms with Gasteiger partial charge in [0, 0.05) is 0 Å². The Bertz CT molecular complexity index is 889. The van der Waals surface area contributed by atoms with Crippen molar-refractivity contribution in [2.75, 3.05) is 0 Å². The predicted molar refractivity (Wildman–Crippen MR) is 129 cm³/mol. The van der Waals surface area contributed by atoms with Gasteiger partial charge in [-0.2, -0.15) is 47.5 Å². The van der Waals surface area contributed by atoms with Crippen LogP contribution in [0.25, 0.3) is 11.1 Å². The minimum absolute atomic E-state index is 0. The maximum Gasteiger partial charge on any atom is -0.172 e. The van der Waals surface area contributed by atoms with Crippen molar-refractivity contribution < 1.29 is 49.0 Å². The van der Waals surface area contributed by atoms with Crippen molar-refractivity contribution in [2.24, 2.45) is 0 Å². The van der Waals surface area contributed by atoms with Gasteiger partial charge in [0.2, 0.25) is 0 Å². The third-order valence-electron chi connectivity index (χ3n) is 5.08. The Hall–Kier alpha value is -0.877. The van der Waals surface area contributed by atoms with Crippen molar-refractivity contribution in [3.05, 3.63) is 89.0 Å². The van der Waals surface area contributed by atoms with Gasteiger partial charge in [0.1, 0.15) is 0 Å². The molecule has 0 spiro atoms. The summed E-state index contributed by atoms with van der Waals surface area (Å²) in [5.41, 5.74) is 8.76. The van der Waals surface area contributed by atoms with Crippen LogP contribution in [0.1, 0.15) is 77.6 Å². The Morgan fingerprint density at radius 1 is 0.844 bits per heavy atom. The van der Waals surface area contributed by atoms with Crippen LogP contribution in [-0.2, 0) is 41.5 Å². The average Bonchev–Trinajstić information content (AvgIpc) is 3.30. The van der Waals surface area contributed by atoms with Gasteiger partial charge in [-0.15, -0.1) is 5.56 Å². The van der Waals surface area contributed by atoms with E-state index in [-0.39, 0.29) is 35.6 Å². The largest absolute Gasteiger partial charge is 1.00 e. The summed E-state index contributed by atoms with van der Waals surface area (Å²) in [4.78, 5) is 0. The summed E-state index contributed by atoms with van der Waals surface area (Å²) in [6.45, 7) is 17.9. The second-order valence-corrected chi connectivity index (χ2v) is 12.7. The molecule has 0 aromatic heterocycles. The number of rotatable bonds is 0. The first kappa shape index (κ1) is 31.1. The van der Waals surface area contributed by atoms with Crippen LogP contribution in [-0.4, -0.2) is 3.21 Å². The van der Waals surface area contributed by atoms with Crippen molar-refractivity contribution in [3.8, 4) is 11.1 Å². The van der Waals surface area contributed by atoms with Crippen LogP contribution >= 0.6 is 0 Å². The molecule has 32 heavy (non-hydrogen) atoms. The molecular weight excluding hydrogens is 510 g/mol. The normalized spacial score (nSPS) is 11.3. The molecule has 0 heterocycles. The van der Waals surface area contributed by atoms with Gasteiger partial charge >= 0.3 is 41.3 Å². The van der Waals surface area contributed by atoms with E-state index in [1.807, 2.05) is 30.3 Å². The van der Waals surface area contributed by atoms with Crippen LogP contribution in [0.3, 0.4) is 0 Å². The van der Waals surface area contributed by atoms with E-state index >= 15 is 0 Å². The van der Waals surface area contributed by atoms with Gasteiger partial charge in [0.25, 0.3) is 0 Å². The van der Waals surface area contributed by atoms with E-state index in [0.717, 1.165) is 6.42 Å². The fourth-order valence-electron chi connectivity index (χ4n) is 3.31. The topological polar surface area (TPSA) is 0 Å². The zero-order valence-electron chi connectivity index (χ0n) is 20.7. The Kier molecular flexibility index (Phi) is 12.8. The zero-order valence-corrected chi connectivity index (χ0v) is 24.7. The maximum atomic E-state index is 3.53. The van der Waals surface area contributed by atoms with Gasteiger partial charge in [-0.05, 0) is 17.4 Å². The van der Waals surface area contributed by atoms with E-state index in [1.54, 1.807) is 24.2 Å². The van der Waals surface area contributed by atoms with Gasteiger partial charge in [0.05, 0.1) is 0 Å². The summed E-state index contributed by atoms with van der Waals surface area (Å²) < 4.78 is 1.51. The van der Waals surface area contributed by atoms with Crippen LogP contribution in [0.5, 0.6) is 0 Å². The Morgan fingerprint density at radius 3 is 1.78 bits per heavy atom. The smallest absolute Gasteiger partial charge is 0.172 e. The quantitative estimate of drug-likeness (QED) is 0.295. The second kappa shape index (κ2) is 13.1. The summed E-state index contributed by atoms with van der Waals surface area (Å²) in [5, 5.41) is 0. The summed E-state index contributed by atoms with van der Waals surface area (Å²) in [5.74, 6) is 0. The summed E-state index contributed by atoms with van der Waals surface area (Å²) >= 11 is 1.55. The fraction of sp³-hybridized carbons (Fsp3) is 0.379. The molecule has 0 atom stereocenters. The van der Waals surface area contributed by atoms with Gasteiger partial charge in [-0.25, -0.2) is 12.1 Å². The van der Waals surface area contributed by atoms with Gasteiger partial charge < -0.3 is 24.8 Å². The van der Waals surface area contributed by atoms with Crippen LogP contribution < -0.4 is 24.8 Å². The zero-order chi connectivity index (χ0) is 22.5. The second-order valence-electron chi connectivity index (χ2n) is 10.3. The third kappa shape index (κ3) is 9.17. The molecule has 1 aliphatic rings. The van der Waals surface area contributed by atoms with Crippen molar-refractivity contribution >= 4 is 3.21 Å². The van der Waals surface area contributed by atoms with Crippen LogP contribution in [0.15, 0.2) is 60.7 Å². The van der Waals surface area contributed by atoms with E-state index in [4.69, 9.17) is 0 Å². The molecule has 0 nitrogen and oxygen atoms in total. The minimum atomic E-state index is 0. The molecular formula is C29H36Cl2Zr-2. The van der Waals surface area contributed by atoms with Gasteiger partial charge in [0.15, 0.2) is 0 Å². The molecule has 0 saturated heterocycles. The van der Waals surface area contributed by atoms with Crippen molar-refractivity contribution in [3.63, 3.8) is 0 Å². The molecule has 3 heteroatoms. The first-order valence-corrected chi connectivity index (χ1v) is 12.0. The molecule has 0 amide bonds. The molecule has 0 N–H and O–H groups in total. The van der Waals surface area contributed by atoms with Crippen LogP contribution in [0, 0.1) is 6.07 Å². The Labute approximate surface area is 223 Å². The Balaban J connectivity index is 0.000000739. The third-order valence-corrected chi connectivity index (χ3v) is 5.08. The number of halogens is 2. The van der Waals surface area contributed by atoms with Gasteiger partial charge in [-0.1, -0.05) is 76.3 Å². The average molecular weight is 547 g/mol. The molecule has 0 bridgehead atoms. The SMILES string of the molecule is CC(C)(C)c1c[c-]c2c(c1)-c1cc(C(C)(C)C)ccc1C2.C[C](C)=[Zr+2].[Cl-].[Cl-].c1cc[cH-]c1. The first-order chi connectivity index (χ1) is 13.9. The fourth-order valence-corrected chi connectivity index (χ4v) is 3.31. The number of hydrogen-bond donors (Lipinski definition) is 0. The standard InChI is InChI=1S/C21H25.C5H5.C3H6.2ClH.Zr/c1-20(2,3)16-9-7-14-11-15-8-10-17(21(4,5)6)13-19(15)18(14)12-16;1-2-4-5-3-1;1-3-2;;;/h7,9-10,12-13H,11H2,1-6H3;1-5H;1-2H3;2*1H;/q2*-1;;;;+2/p-2. The molecule has 3 aromatic rings.